The van der Waals surface area contributed by atoms with Gasteiger partial charge in [-0.1, -0.05) is 12.1 Å². The summed E-state index contributed by atoms with van der Waals surface area (Å²) in [6, 6.07) is 11.1. The van der Waals surface area contributed by atoms with Crippen LogP contribution in [0.25, 0.3) is 0 Å². The summed E-state index contributed by atoms with van der Waals surface area (Å²) in [6.07, 6.45) is 1.26. The minimum atomic E-state index is -0.462. The second-order valence-electron chi connectivity index (χ2n) is 4.70. The van der Waals surface area contributed by atoms with E-state index in [1.165, 1.54) is 24.4 Å². The molecule has 2 aromatic rings. The maximum absolute atomic E-state index is 11.7. The van der Waals surface area contributed by atoms with E-state index >= 15 is 0 Å². The first kappa shape index (κ1) is 17.1. The number of hydrogen-bond acceptors (Lipinski definition) is 6. The Hall–Kier alpha value is -3.22. The molecule has 0 spiro atoms. The van der Waals surface area contributed by atoms with Gasteiger partial charge in [0, 0.05) is 11.6 Å². The van der Waals surface area contributed by atoms with Crippen molar-refractivity contribution in [3.8, 4) is 23.0 Å². The lowest BCUT2D eigenvalue weighted by atomic mass is 10.2. The topological polar surface area (TPSA) is 100 Å². The summed E-state index contributed by atoms with van der Waals surface area (Å²) < 4.78 is 10.8. The van der Waals surface area contributed by atoms with E-state index in [4.69, 9.17) is 9.47 Å². The summed E-state index contributed by atoms with van der Waals surface area (Å²) >= 11 is 0. The number of para-hydroxylation sites is 2. The van der Waals surface area contributed by atoms with Crippen LogP contribution >= 0.6 is 0 Å². The summed E-state index contributed by atoms with van der Waals surface area (Å²) in [5, 5.41) is 22.5. The Morgan fingerprint density at radius 1 is 1.17 bits per heavy atom. The third kappa shape index (κ3) is 4.91. The van der Waals surface area contributed by atoms with Gasteiger partial charge in [-0.15, -0.1) is 0 Å². The van der Waals surface area contributed by atoms with Crippen LogP contribution in [0.1, 0.15) is 12.5 Å². The predicted octanol–water partition coefficient (Wildman–Crippen LogP) is 2.03. The molecule has 0 saturated heterocycles. The Morgan fingerprint density at radius 3 is 2.54 bits per heavy atom. The zero-order chi connectivity index (χ0) is 17.4. The molecule has 0 radical (unpaired) electrons. The van der Waals surface area contributed by atoms with E-state index in [0.29, 0.717) is 23.7 Å². The number of phenols is 2. The van der Waals surface area contributed by atoms with E-state index in [2.05, 4.69) is 10.5 Å². The van der Waals surface area contributed by atoms with Crippen molar-refractivity contribution in [1.29, 1.82) is 0 Å². The van der Waals surface area contributed by atoms with Gasteiger partial charge in [0.15, 0.2) is 18.1 Å². The molecule has 0 heterocycles. The zero-order valence-corrected chi connectivity index (χ0v) is 13.1. The van der Waals surface area contributed by atoms with Crippen molar-refractivity contribution >= 4 is 12.1 Å². The van der Waals surface area contributed by atoms with E-state index in [1.807, 2.05) is 13.0 Å². The third-order valence-electron chi connectivity index (χ3n) is 2.91. The van der Waals surface area contributed by atoms with Crippen molar-refractivity contribution in [1.82, 2.24) is 5.43 Å². The van der Waals surface area contributed by atoms with Gasteiger partial charge in [-0.3, -0.25) is 4.79 Å². The fourth-order valence-electron chi connectivity index (χ4n) is 1.83. The molecule has 2 rings (SSSR count). The van der Waals surface area contributed by atoms with Gasteiger partial charge in [0.1, 0.15) is 11.5 Å². The zero-order valence-electron chi connectivity index (χ0n) is 13.1. The van der Waals surface area contributed by atoms with E-state index < -0.39 is 5.91 Å². The van der Waals surface area contributed by atoms with E-state index in [0.717, 1.165) is 0 Å². The van der Waals surface area contributed by atoms with Gasteiger partial charge in [0.05, 0.1) is 12.8 Å². The summed E-state index contributed by atoms with van der Waals surface area (Å²) in [5.41, 5.74) is 2.64. The molecule has 1 amide bonds. The standard InChI is InChI=1S/C17H18N2O5/c1-2-23-15-5-3-4-6-16(15)24-11-17(22)19-18-10-12-7-8-13(20)9-14(12)21/h3-10,20-21H,2,11H2,1H3,(H,19,22)/b18-10-. The van der Waals surface area contributed by atoms with Crippen molar-refractivity contribution in [3.05, 3.63) is 48.0 Å². The maximum atomic E-state index is 11.7. The molecular formula is C17H18N2O5. The van der Waals surface area contributed by atoms with Gasteiger partial charge in [0.25, 0.3) is 5.91 Å². The molecule has 0 unspecified atom stereocenters. The molecule has 0 aliphatic heterocycles. The van der Waals surface area contributed by atoms with E-state index in [1.54, 1.807) is 18.2 Å². The molecule has 24 heavy (non-hydrogen) atoms. The molecule has 2 aromatic carbocycles. The highest BCUT2D eigenvalue weighted by atomic mass is 16.5. The fourth-order valence-corrected chi connectivity index (χ4v) is 1.83. The van der Waals surface area contributed by atoms with Crippen LogP contribution in [0.5, 0.6) is 23.0 Å². The van der Waals surface area contributed by atoms with Crippen molar-refractivity contribution < 1.29 is 24.5 Å². The number of nitrogens with zero attached hydrogens (tertiary/aromatic N) is 1. The van der Waals surface area contributed by atoms with Crippen LogP contribution in [0.15, 0.2) is 47.6 Å². The molecular weight excluding hydrogens is 312 g/mol. The van der Waals surface area contributed by atoms with Gasteiger partial charge in [-0.2, -0.15) is 5.10 Å². The molecule has 0 aliphatic rings. The minimum absolute atomic E-state index is 0.0601. The van der Waals surface area contributed by atoms with Gasteiger partial charge in [0.2, 0.25) is 0 Å². The highest BCUT2D eigenvalue weighted by Gasteiger charge is 2.06. The number of hydrazone groups is 1. The van der Waals surface area contributed by atoms with Crippen LogP contribution in [0.4, 0.5) is 0 Å². The fraction of sp³-hybridized carbons (Fsp3) is 0.176. The highest BCUT2D eigenvalue weighted by Crippen LogP contribution is 2.26. The molecule has 0 atom stereocenters. The van der Waals surface area contributed by atoms with Gasteiger partial charge in [-0.25, -0.2) is 5.43 Å². The summed E-state index contributed by atoms with van der Waals surface area (Å²) in [7, 11) is 0. The molecule has 0 aliphatic carbocycles. The van der Waals surface area contributed by atoms with E-state index in [-0.39, 0.29) is 18.1 Å². The SMILES string of the molecule is CCOc1ccccc1OCC(=O)N/N=C\c1ccc(O)cc1O. The number of ether oxygens (including phenoxy) is 2. The lowest BCUT2D eigenvalue weighted by Crippen LogP contribution is -2.24. The second kappa shape index (κ2) is 8.42. The van der Waals surface area contributed by atoms with Crippen molar-refractivity contribution in [3.63, 3.8) is 0 Å². The van der Waals surface area contributed by atoms with Crippen molar-refractivity contribution in [2.75, 3.05) is 13.2 Å². The predicted molar refractivity (Wildman–Crippen MR) is 88.6 cm³/mol. The van der Waals surface area contributed by atoms with Crippen LogP contribution in [-0.4, -0.2) is 35.5 Å². The monoisotopic (exact) mass is 330 g/mol. The van der Waals surface area contributed by atoms with Crippen LogP contribution in [0.3, 0.4) is 0 Å². The number of hydrogen-bond donors (Lipinski definition) is 3. The first-order chi connectivity index (χ1) is 11.6. The van der Waals surface area contributed by atoms with Crippen LogP contribution in [-0.2, 0) is 4.79 Å². The number of phenolic OH excluding ortho intramolecular Hbond substituents is 2. The van der Waals surface area contributed by atoms with Gasteiger partial charge in [-0.05, 0) is 31.2 Å². The summed E-state index contributed by atoms with van der Waals surface area (Å²) in [5.74, 6) is 0.362. The average molecular weight is 330 g/mol. The first-order valence-electron chi connectivity index (χ1n) is 7.28. The number of carbonyl (C=O) groups is 1. The van der Waals surface area contributed by atoms with Crippen LogP contribution in [0.2, 0.25) is 0 Å². The lowest BCUT2D eigenvalue weighted by Gasteiger charge is -2.10. The number of nitrogens with one attached hydrogen (secondary N) is 1. The molecule has 126 valence electrons. The molecule has 0 bridgehead atoms. The molecule has 0 aromatic heterocycles. The van der Waals surface area contributed by atoms with E-state index in [9.17, 15) is 15.0 Å². The molecule has 7 nitrogen and oxygen atoms in total. The van der Waals surface area contributed by atoms with Crippen LogP contribution < -0.4 is 14.9 Å². The second-order valence-corrected chi connectivity index (χ2v) is 4.70. The first-order valence-corrected chi connectivity index (χ1v) is 7.28. The maximum Gasteiger partial charge on any atom is 0.277 e. The third-order valence-corrected chi connectivity index (χ3v) is 2.91. The molecule has 0 fully saturated rings. The number of aromatic hydroxyl groups is 2. The smallest absolute Gasteiger partial charge is 0.277 e. The quantitative estimate of drug-likeness (QED) is 0.533. The highest BCUT2D eigenvalue weighted by molar-refractivity contribution is 5.85. The minimum Gasteiger partial charge on any atom is -0.508 e. The van der Waals surface area contributed by atoms with Gasteiger partial charge < -0.3 is 19.7 Å². The number of benzene rings is 2. The van der Waals surface area contributed by atoms with Crippen molar-refractivity contribution in [2.24, 2.45) is 5.10 Å². The Morgan fingerprint density at radius 2 is 1.88 bits per heavy atom. The normalized spacial score (nSPS) is 10.5. The average Bonchev–Trinajstić information content (AvgIpc) is 2.56. The number of rotatable bonds is 7. The molecule has 7 heteroatoms. The Bertz CT molecular complexity index is 731. The Labute approximate surface area is 139 Å². The molecule has 0 saturated carbocycles. The van der Waals surface area contributed by atoms with Gasteiger partial charge >= 0.3 is 0 Å². The number of carbonyl (C=O) groups excluding carboxylic acids is 1. The number of amides is 1. The largest absolute Gasteiger partial charge is 0.508 e. The Kier molecular flexibility index (Phi) is 6.01. The lowest BCUT2D eigenvalue weighted by molar-refractivity contribution is -0.123. The van der Waals surface area contributed by atoms with Crippen molar-refractivity contribution in [2.45, 2.75) is 6.92 Å². The Balaban J connectivity index is 1.86. The molecule has 3 N–H and O–H groups in total. The summed E-state index contributed by atoms with van der Waals surface area (Å²) in [4.78, 5) is 11.7. The summed E-state index contributed by atoms with van der Waals surface area (Å²) in [6.45, 7) is 2.12. The van der Waals surface area contributed by atoms with Crippen LogP contribution in [0, 0.1) is 0 Å².